The van der Waals surface area contributed by atoms with Gasteiger partial charge in [0.15, 0.2) is 0 Å². The number of aromatic nitrogens is 3. The average Bonchev–Trinajstić information content (AvgIpc) is 3.45. The predicted octanol–water partition coefficient (Wildman–Crippen LogP) is 2.38. The van der Waals surface area contributed by atoms with Gasteiger partial charge in [-0.05, 0) is 50.7 Å². The van der Waals surface area contributed by atoms with E-state index in [0.29, 0.717) is 17.3 Å². The molecule has 7 heteroatoms. The highest BCUT2D eigenvalue weighted by Gasteiger charge is 2.24. The molecule has 2 aliphatic rings. The zero-order valence-corrected chi connectivity index (χ0v) is 17.7. The molecule has 0 spiro atoms. The molecule has 0 radical (unpaired) electrons. The second kappa shape index (κ2) is 8.53. The molecule has 2 N–H and O–H groups in total. The van der Waals surface area contributed by atoms with Crippen molar-refractivity contribution in [2.45, 2.75) is 52.1 Å². The van der Waals surface area contributed by atoms with Gasteiger partial charge in [-0.3, -0.25) is 14.4 Å². The minimum absolute atomic E-state index is 0.00758. The molecule has 4 rings (SSSR count). The van der Waals surface area contributed by atoms with E-state index in [2.05, 4.69) is 46.7 Å². The van der Waals surface area contributed by atoms with Gasteiger partial charge in [0.25, 0.3) is 5.91 Å². The molecule has 2 aromatic heterocycles. The summed E-state index contributed by atoms with van der Waals surface area (Å²) >= 11 is 0. The number of hydrogen-bond acceptors (Lipinski definition) is 5. The number of fused-ring (bicyclic) bond motifs is 1. The number of pyridine rings is 1. The Morgan fingerprint density at radius 2 is 2.07 bits per heavy atom. The van der Waals surface area contributed by atoms with Crippen molar-refractivity contribution in [3.63, 3.8) is 0 Å². The Kier molecular flexibility index (Phi) is 5.85. The van der Waals surface area contributed by atoms with E-state index < -0.39 is 0 Å². The first-order valence-corrected chi connectivity index (χ1v) is 10.8. The Morgan fingerprint density at radius 3 is 2.76 bits per heavy atom. The van der Waals surface area contributed by atoms with Gasteiger partial charge in [-0.15, -0.1) is 0 Å². The number of aryl methyl sites for hydroxylation is 1. The number of rotatable bonds is 7. The van der Waals surface area contributed by atoms with Crippen LogP contribution < -0.4 is 10.6 Å². The van der Waals surface area contributed by atoms with Crippen LogP contribution >= 0.6 is 0 Å². The number of hydrogen-bond donors (Lipinski definition) is 2. The molecule has 1 saturated carbocycles. The molecule has 0 saturated heterocycles. The summed E-state index contributed by atoms with van der Waals surface area (Å²) in [7, 11) is 1.95. The molecule has 0 aromatic carbocycles. The number of amides is 1. The van der Waals surface area contributed by atoms with Gasteiger partial charge in [0.05, 0.1) is 11.8 Å². The predicted molar refractivity (Wildman–Crippen MR) is 114 cm³/mol. The Hall–Kier alpha value is -2.41. The fourth-order valence-electron chi connectivity index (χ4n) is 3.86. The van der Waals surface area contributed by atoms with E-state index in [-0.39, 0.29) is 11.9 Å². The van der Waals surface area contributed by atoms with E-state index in [9.17, 15) is 4.79 Å². The molecule has 3 heterocycles. The number of nitrogens with one attached hydrogen (secondary N) is 2. The summed E-state index contributed by atoms with van der Waals surface area (Å²) in [5.74, 6) is 1.37. The molecule has 1 aliphatic heterocycles. The van der Waals surface area contributed by atoms with Crippen LogP contribution in [0.4, 0.5) is 5.82 Å². The summed E-state index contributed by atoms with van der Waals surface area (Å²) in [5, 5.41) is 10.8. The third-order valence-electron chi connectivity index (χ3n) is 5.64. The second-order valence-electron chi connectivity index (χ2n) is 8.74. The smallest absolute Gasteiger partial charge is 0.255 e. The zero-order chi connectivity index (χ0) is 20.4. The maximum absolute atomic E-state index is 12.8. The fourth-order valence-corrected chi connectivity index (χ4v) is 3.86. The topological polar surface area (TPSA) is 75.1 Å². The first kappa shape index (κ1) is 19.9. The van der Waals surface area contributed by atoms with Crippen molar-refractivity contribution in [3.05, 3.63) is 40.8 Å². The van der Waals surface area contributed by atoms with Crippen LogP contribution in [0.25, 0.3) is 0 Å². The van der Waals surface area contributed by atoms with E-state index >= 15 is 0 Å². The molecule has 29 heavy (non-hydrogen) atoms. The van der Waals surface area contributed by atoms with Gasteiger partial charge >= 0.3 is 0 Å². The summed E-state index contributed by atoms with van der Waals surface area (Å²) in [5.41, 5.74) is 4.22. The third-order valence-corrected chi connectivity index (χ3v) is 5.64. The second-order valence-corrected chi connectivity index (χ2v) is 8.74. The molecule has 1 aliphatic carbocycles. The van der Waals surface area contributed by atoms with E-state index in [0.717, 1.165) is 44.7 Å². The van der Waals surface area contributed by atoms with Crippen molar-refractivity contribution in [2.24, 2.45) is 13.0 Å². The normalized spacial score (nSPS) is 17.1. The van der Waals surface area contributed by atoms with Gasteiger partial charge in [0.1, 0.15) is 5.82 Å². The number of nitrogens with zero attached hydrogens (tertiary/aromatic N) is 4. The highest BCUT2D eigenvalue weighted by Crippen LogP contribution is 2.28. The van der Waals surface area contributed by atoms with Crippen LogP contribution in [0.1, 0.15) is 53.9 Å². The number of carbonyl (C=O) groups excluding carboxylic acids is 1. The van der Waals surface area contributed by atoms with Crippen LogP contribution in [0.15, 0.2) is 18.5 Å². The lowest BCUT2D eigenvalue weighted by Gasteiger charge is -2.18. The minimum atomic E-state index is -0.00758. The lowest BCUT2D eigenvalue weighted by atomic mass is 10.0. The molecule has 7 nitrogen and oxygen atoms in total. The molecule has 2 aromatic rings. The maximum Gasteiger partial charge on any atom is 0.255 e. The van der Waals surface area contributed by atoms with Crippen molar-refractivity contribution < 1.29 is 4.79 Å². The van der Waals surface area contributed by atoms with E-state index in [4.69, 9.17) is 4.98 Å². The average molecular weight is 397 g/mol. The molecule has 0 unspecified atom stereocenters. The van der Waals surface area contributed by atoms with Crippen LogP contribution in [-0.4, -0.2) is 51.2 Å². The highest BCUT2D eigenvalue weighted by atomic mass is 16.1. The summed E-state index contributed by atoms with van der Waals surface area (Å²) in [6.45, 7) is 7.75. The summed E-state index contributed by atoms with van der Waals surface area (Å²) in [4.78, 5) is 20.2. The molecular weight excluding hydrogens is 364 g/mol. The van der Waals surface area contributed by atoms with E-state index in [1.807, 2.05) is 17.9 Å². The largest absolute Gasteiger partial charge is 0.367 e. The summed E-state index contributed by atoms with van der Waals surface area (Å²) < 4.78 is 1.85. The summed E-state index contributed by atoms with van der Waals surface area (Å²) in [6.07, 6.45) is 8.27. The van der Waals surface area contributed by atoms with Crippen molar-refractivity contribution in [2.75, 3.05) is 25.0 Å². The van der Waals surface area contributed by atoms with Crippen molar-refractivity contribution >= 4 is 11.7 Å². The molecular formula is C22H32N6O. The Morgan fingerprint density at radius 1 is 1.28 bits per heavy atom. The molecule has 1 fully saturated rings. The summed E-state index contributed by atoms with van der Waals surface area (Å²) in [6, 6.07) is 2.30. The highest BCUT2D eigenvalue weighted by molar-refractivity contribution is 5.99. The maximum atomic E-state index is 12.8. The fraction of sp³-hybridized carbons (Fsp3) is 0.591. The first-order valence-electron chi connectivity index (χ1n) is 10.8. The third kappa shape index (κ3) is 5.15. The standard InChI is InChI=1S/C22H32N6O/c1-15(2)25-21-19(22(29)23-11-16-4-5-16)10-18-6-8-28(9-7-20(18)26-21)14-17-12-24-27(3)13-17/h10,12-13,15-16H,4-9,11,14H2,1-3H3,(H,23,29)(H,25,26). The van der Waals surface area contributed by atoms with Crippen LogP contribution in [0, 0.1) is 5.92 Å². The monoisotopic (exact) mass is 396 g/mol. The lowest BCUT2D eigenvalue weighted by molar-refractivity contribution is 0.0952. The number of carbonyl (C=O) groups is 1. The quantitative estimate of drug-likeness (QED) is 0.752. The van der Waals surface area contributed by atoms with Crippen molar-refractivity contribution in [3.8, 4) is 0 Å². The lowest BCUT2D eigenvalue weighted by Crippen LogP contribution is -2.28. The Balaban J connectivity index is 1.51. The van der Waals surface area contributed by atoms with Gasteiger partial charge in [-0.25, -0.2) is 4.98 Å². The molecule has 0 bridgehead atoms. The van der Waals surface area contributed by atoms with Crippen LogP contribution in [0.2, 0.25) is 0 Å². The zero-order valence-electron chi connectivity index (χ0n) is 17.7. The van der Waals surface area contributed by atoms with Crippen LogP contribution in [0.5, 0.6) is 0 Å². The van der Waals surface area contributed by atoms with Gasteiger partial charge in [0.2, 0.25) is 0 Å². The Labute approximate surface area is 172 Å². The molecule has 0 atom stereocenters. The van der Waals surface area contributed by atoms with Crippen molar-refractivity contribution in [1.29, 1.82) is 0 Å². The van der Waals surface area contributed by atoms with E-state index in [1.165, 1.54) is 24.0 Å². The van der Waals surface area contributed by atoms with E-state index in [1.54, 1.807) is 0 Å². The SMILES string of the molecule is CC(C)Nc1nc2c(cc1C(=O)NCC1CC1)CCN(Cc1cnn(C)c1)CC2. The Bertz CT molecular complexity index is 870. The van der Waals surface area contributed by atoms with Crippen molar-refractivity contribution in [1.82, 2.24) is 25.0 Å². The van der Waals surface area contributed by atoms with Crippen LogP contribution in [-0.2, 0) is 26.4 Å². The minimum Gasteiger partial charge on any atom is -0.367 e. The molecule has 156 valence electrons. The van der Waals surface area contributed by atoms with Gasteiger partial charge < -0.3 is 10.6 Å². The molecule has 1 amide bonds. The van der Waals surface area contributed by atoms with Crippen LogP contribution in [0.3, 0.4) is 0 Å². The van der Waals surface area contributed by atoms with Gasteiger partial charge in [0, 0.05) is 63.1 Å². The number of anilines is 1. The van der Waals surface area contributed by atoms with Gasteiger partial charge in [-0.2, -0.15) is 5.10 Å². The van der Waals surface area contributed by atoms with Gasteiger partial charge in [-0.1, -0.05) is 0 Å². The first-order chi connectivity index (χ1) is 14.0.